The molecule has 0 saturated heterocycles. The van der Waals surface area contributed by atoms with Crippen LogP contribution in [-0.2, 0) is 0 Å². The lowest BCUT2D eigenvalue weighted by atomic mass is 9.94. The maximum atomic E-state index is 2.49. The summed E-state index contributed by atoms with van der Waals surface area (Å²) in [6.45, 7) is 0. The van der Waals surface area contributed by atoms with Gasteiger partial charge >= 0.3 is 0 Å². The second kappa shape index (κ2) is 14.0. The van der Waals surface area contributed by atoms with E-state index in [0.717, 1.165) is 5.69 Å². The molecule has 0 N–H and O–H groups in total. The lowest BCUT2D eigenvalue weighted by Crippen LogP contribution is -2.75. The Morgan fingerprint density at radius 3 is 1.27 bits per heavy atom. The average molecular weight is 817 g/mol. The largest absolute Gasteiger partial charge is 0.309 e. The van der Waals surface area contributed by atoms with Crippen molar-refractivity contribution >= 4 is 72.4 Å². The van der Waals surface area contributed by atoms with Crippen LogP contribution in [0.3, 0.4) is 0 Å². The van der Waals surface area contributed by atoms with Crippen LogP contribution in [0, 0.1) is 0 Å². The summed E-state index contributed by atoms with van der Waals surface area (Å²) >= 11 is 0. The van der Waals surface area contributed by atoms with Crippen LogP contribution in [0.1, 0.15) is 0 Å². The molecule has 0 radical (unpaired) electrons. The molecule has 12 aromatic rings. The monoisotopic (exact) mass is 816 g/mol. The number of fused-ring (bicyclic) bond motifs is 11. The van der Waals surface area contributed by atoms with Gasteiger partial charge in [-0.15, -0.1) is 0 Å². The van der Waals surface area contributed by atoms with Gasteiger partial charge in [-0.3, -0.25) is 0 Å². The van der Waals surface area contributed by atoms with E-state index in [-0.39, 0.29) is 0 Å². The zero-order chi connectivity index (χ0) is 41.5. The molecule has 0 amide bonds. The Labute approximate surface area is 367 Å². The molecule has 3 heterocycles. The van der Waals surface area contributed by atoms with Crippen LogP contribution in [0.25, 0.3) is 88.4 Å². The summed E-state index contributed by atoms with van der Waals surface area (Å²) in [5.74, 6) is 0. The zero-order valence-electron chi connectivity index (χ0n) is 34.5. The van der Waals surface area contributed by atoms with Gasteiger partial charge in [-0.25, -0.2) is 0 Å². The standard InChI is InChI=1S/C60H40N2Si/c1-4-18-43(19-5-1)61-55-29-15-12-26-49(55)52-38-41(32-35-57(52)61)42-33-36-58-53(39-42)50-27-13-16-30-56(50)62(58)44-34-37-60-54(40-44)48-25-11-10-24-47(48)51-28-14-17-31-59(51)63(60,45-20-6-2-7-21-45)46-22-8-3-9-23-46/h1-40H. The smallest absolute Gasteiger partial charge is 0.180 e. The number of nitrogens with zero attached hydrogens (tertiary/aromatic N) is 2. The molecule has 13 rings (SSSR count). The highest BCUT2D eigenvalue weighted by atomic mass is 28.3. The lowest BCUT2D eigenvalue weighted by Gasteiger charge is -2.36. The molecule has 1 aliphatic heterocycles. The third-order valence-electron chi connectivity index (χ3n) is 13.6. The van der Waals surface area contributed by atoms with Crippen LogP contribution in [0.2, 0.25) is 0 Å². The Morgan fingerprint density at radius 2 is 0.683 bits per heavy atom. The van der Waals surface area contributed by atoms with Gasteiger partial charge in [0.2, 0.25) is 0 Å². The van der Waals surface area contributed by atoms with Crippen molar-refractivity contribution in [3.63, 3.8) is 0 Å². The topological polar surface area (TPSA) is 9.86 Å². The molecule has 2 aromatic heterocycles. The van der Waals surface area contributed by atoms with Gasteiger partial charge in [0.05, 0.1) is 22.1 Å². The minimum atomic E-state index is -2.85. The van der Waals surface area contributed by atoms with E-state index in [9.17, 15) is 0 Å². The maximum Gasteiger partial charge on any atom is 0.180 e. The molecule has 0 fully saturated rings. The number of hydrogen-bond acceptors (Lipinski definition) is 0. The van der Waals surface area contributed by atoms with Crippen molar-refractivity contribution in [3.8, 4) is 44.8 Å². The fourth-order valence-electron chi connectivity index (χ4n) is 11.0. The van der Waals surface area contributed by atoms with Crippen molar-refractivity contribution in [2.45, 2.75) is 0 Å². The third kappa shape index (κ3) is 5.24. The Hall–Kier alpha value is -7.98. The van der Waals surface area contributed by atoms with Crippen molar-refractivity contribution in [2.24, 2.45) is 0 Å². The highest BCUT2D eigenvalue weighted by molar-refractivity contribution is 7.21. The van der Waals surface area contributed by atoms with E-state index in [2.05, 4.69) is 252 Å². The van der Waals surface area contributed by atoms with Crippen LogP contribution < -0.4 is 20.7 Å². The number of hydrogen-bond donors (Lipinski definition) is 0. The lowest BCUT2D eigenvalue weighted by molar-refractivity contribution is 1.18. The molecular formula is C60H40N2Si. The first-order valence-corrected chi connectivity index (χ1v) is 23.8. The van der Waals surface area contributed by atoms with E-state index in [1.807, 2.05) is 0 Å². The SMILES string of the molecule is c1ccc(-n2c3ccccc3c3cc(-c4ccc5c(c4)c4ccccc4n5-c4ccc5c(c4)-c4ccccc4-c4ccccc4[Si]5(c4ccccc4)c4ccccc4)ccc32)cc1. The van der Waals surface area contributed by atoms with Gasteiger partial charge in [-0.2, -0.15) is 0 Å². The summed E-state index contributed by atoms with van der Waals surface area (Å²) < 4.78 is 4.87. The Morgan fingerprint density at radius 1 is 0.254 bits per heavy atom. The second-order valence-corrected chi connectivity index (χ2v) is 20.5. The molecule has 0 atom stereocenters. The minimum Gasteiger partial charge on any atom is -0.309 e. The first-order chi connectivity index (χ1) is 31.3. The Bertz CT molecular complexity index is 3690. The van der Waals surface area contributed by atoms with Crippen LogP contribution in [0.15, 0.2) is 243 Å². The van der Waals surface area contributed by atoms with Crippen molar-refractivity contribution in [3.05, 3.63) is 243 Å². The molecular weight excluding hydrogens is 777 g/mol. The van der Waals surface area contributed by atoms with Crippen molar-refractivity contribution < 1.29 is 0 Å². The summed E-state index contributed by atoms with van der Waals surface area (Å²) in [5.41, 5.74) is 14.7. The maximum absolute atomic E-state index is 2.85. The molecule has 2 nitrogen and oxygen atoms in total. The normalized spacial score (nSPS) is 12.9. The van der Waals surface area contributed by atoms with E-state index in [1.54, 1.807) is 0 Å². The molecule has 0 aliphatic carbocycles. The van der Waals surface area contributed by atoms with Crippen LogP contribution >= 0.6 is 0 Å². The number of rotatable bonds is 5. The number of benzene rings is 10. The van der Waals surface area contributed by atoms with Crippen molar-refractivity contribution in [2.75, 3.05) is 0 Å². The van der Waals surface area contributed by atoms with Gasteiger partial charge in [0.15, 0.2) is 8.07 Å². The predicted octanol–water partition coefficient (Wildman–Crippen LogP) is 12.6. The summed E-state index contributed by atoms with van der Waals surface area (Å²) in [6.07, 6.45) is 0. The van der Waals surface area contributed by atoms with Gasteiger partial charge in [-0.1, -0.05) is 182 Å². The molecule has 0 unspecified atom stereocenters. The summed E-state index contributed by atoms with van der Waals surface area (Å²) in [7, 11) is -2.85. The van der Waals surface area contributed by atoms with Crippen molar-refractivity contribution in [1.82, 2.24) is 9.13 Å². The molecule has 0 bridgehead atoms. The first-order valence-electron chi connectivity index (χ1n) is 21.8. The minimum absolute atomic E-state index is 1.16. The molecule has 294 valence electrons. The molecule has 0 saturated carbocycles. The molecule has 3 heteroatoms. The Balaban J connectivity index is 1.04. The summed E-state index contributed by atoms with van der Waals surface area (Å²) in [6, 6.07) is 90.7. The summed E-state index contributed by atoms with van der Waals surface area (Å²) in [4.78, 5) is 0. The van der Waals surface area contributed by atoms with Crippen LogP contribution in [-0.4, -0.2) is 17.2 Å². The zero-order valence-corrected chi connectivity index (χ0v) is 35.5. The van der Waals surface area contributed by atoms with Gasteiger partial charge in [-0.05, 0) is 115 Å². The second-order valence-electron chi connectivity index (χ2n) is 16.8. The van der Waals surface area contributed by atoms with Crippen molar-refractivity contribution in [1.29, 1.82) is 0 Å². The van der Waals surface area contributed by atoms with E-state index >= 15 is 0 Å². The molecule has 0 spiro atoms. The fraction of sp³-hybridized carbons (Fsp3) is 0. The van der Waals surface area contributed by atoms with Crippen LogP contribution in [0.5, 0.6) is 0 Å². The predicted molar refractivity (Wildman–Crippen MR) is 269 cm³/mol. The highest BCUT2D eigenvalue weighted by Crippen LogP contribution is 2.41. The van der Waals surface area contributed by atoms with E-state index < -0.39 is 8.07 Å². The Kier molecular flexibility index (Phi) is 7.96. The summed E-state index contributed by atoms with van der Waals surface area (Å²) in [5, 5.41) is 10.6. The van der Waals surface area contributed by atoms with Gasteiger partial charge in [0, 0.05) is 32.9 Å². The third-order valence-corrected chi connectivity index (χ3v) is 18.5. The van der Waals surface area contributed by atoms with E-state index in [4.69, 9.17) is 0 Å². The van der Waals surface area contributed by atoms with Crippen LogP contribution in [0.4, 0.5) is 0 Å². The highest BCUT2D eigenvalue weighted by Gasteiger charge is 2.46. The van der Waals surface area contributed by atoms with Gasteiger partial charge in [0.1, 0.15) is 0 Å². The first kappa shape index (κ1) is 35.7. The van der Waals surface area contributed by atoms with Gasteiger partial charge in [0.25, 0.3) is 0 Å². The molecule has 10 aromatic carbocycles. The molecule has 1 aliphatic rings. The van der Waals surface area contributed by atoms with E-state index in [0.29, 0.717) is 0 Å². The fourth-order valence-corrected chi connectivity index (χ4v) is 16.1. The molecule has 63 heavy (non-hydrogen) atoms. The van der Waals surface area contributed by atoms with E-state index in [1.165, 1.54) is 103 Å². The number of aromatic nitrogens is 2. The quantitative estimate of drug-likeness (QED) is 0.153. The van der Waals surface area contributed by atoms with Gasteiger partial charge < -0.3 is 9.13 Å². The average Bonchev–Trinajstić information content (AvgIpc) is 3.84. The number of para-hydroxylation sites is 3.